The molecule has 0 radical (unpaired) electrons. The normalized spacial score (nSPS) is 26.8. The average Bonchev–Trinajstić information content (AvgIpc) is 3.51. The van der Waals surface area contributed by atoms with Gasteiger partial charge in [-0.1, -0.05) is 47.5 Å². The van der Waals surface area contributed by atoms with Crippen molar-refractivity contribution < 1.29 is 24.3 Å². The Kier molecular flexibility index (Phi) is 8.10. The number of rotatable bonds is 6. The molecule has 4 aromatic carbocycles. The number of phenolic OH excluding ortho intramolecular Hbond substituents is 1. The summed E-state index contributed by atoms with van der Waals surface area (Å²) in [7, 11) is 3.93. The summed E-state index contributed by atoms with van der Waals surface area (Å²) in [5.41, 5.74) is 3.39. The monoisotopic (exact) mass is 713 g/mol. The molecule has 4 aromatic rings. The fourth-order valence-electron chi connectivity index (χ4n) is 8.79. The first kappa shape index (κ1) is 33.5. The van der Waals surface area contributed by atoms with E-state index in [4.69, 9.17) is 11.6 Å². The predicted octanol–water partition coefficient (Wildman–Crippen LogP) is 7.96. The number of benzene rings is 4. The summed E-state index contributed by atoms with van der Waals surface area (Å²) < 4.78 is 0. The Morgan fingerprint density at radius 2 is 1.40 bits per heavy atom. The molecule has 0 unspecified atom stereocenters. The third-order valence-electron chi connectivity index (χ3n) is 11.3. The van der Waals surface area contributed by atoms with Crippen LogP contribution in [-0.4, -0.2) is 42.8 Å². The lowest BCUT2D eigenvalue weighted by molar-refractivity contribution is -0.131. The second-order valence-electron chi connectivity index (χ2n) is 14.3. The number of phenols is 1. The van der Waals surface area contributed by atoms with Crippen LogP contribution in [0.15, 0.2) is 119 Å². The minimum Gasteiger partial charge on any atom is -0.508 e. The summed E-state index contributed by atoms with van der Waals surface area (Å²) in [5, 5.41) is 19.1. The molecule has 52 heavy (non-hydrogen) atoms. The molecule has 6 atom stereocenters. The van der Waals surface area contributed by atoms with Crippen molar-refractivity contribution in [2.75, 3.05) is 28.8 Å². The van der Waals surface area contributed by atoms with Gasteiger partial charge in [0.25, 0.3) is 0 Å². The topological polar surface area (TPSA) is 123 Å². The second kappa shape index (κ2) is 12.6. The van der Waals surface area contributed by atoms with Crippen LogP contribution in [0.4, 0.5) is 28.4 Å². The highest BCUT2D eigenvalue weighted by Gasteiger charge is 2.67. The minimum atomic E-state index is -1.23. The Morgan fingerprint density at radius 3 is 2.04 bits per heavy atom. The number of azo groups is 1. The Bertz CT molecular complexity index is 2190. The molecule has 2 saturated heterocycles. The van der Waals surface area contributed by atoms with E-state index in [1.54, 1.807) is 54.6 Å². The van der Waals surface area contributed by atoms with Crippen molar-refractivity contribution in [3.63, 3.8) is 0 Å². The van der Waals surface area contributed by atoms with Gasteiger partial charge >= 0.3 is 0 Å². The summed E-state index contributed by atoms with van der Waals surface area (Å²) in [4.78, 5) is 61.8. The Hall–Kier alpha value is -5.61. The molecule has 262 valence electrons. The highest BCUT2D eigenvalue weighted by atomic mass is 35.5. The van der Waals surface area contributed by atoms with Crippen LogP contribution in [0.2, 0.25) is 5.02 Å². The number of anilines is 3. The second-order valence-corrected chi connectivity index (χ2v) is 14.7. The van der Waals surface area contributed by atoms with Gasteiger partial charge in [0, 0.05) is 30.7 Å². The lowest BCUT2D eigenvalue weighted by Crippen LogP contribution is -2.49. The number of carbonyl (C=O) groups excluding carboxylic acids is 4. The van der Waals surface area contributed by atoms with Crippen molar-refractivity contribution in [1.82, 2.24) is 0 Å². The maximum absolute atomic E-state index is 14.5. The lowest BCUT2D eigenvalue weighted by atomic mass is 9.51. The highest BCUT2D eigenvalue weighted by molar-refractivity contribution is 6.32. The van der Waals surface area contributed by atoms with Crippen molar-refractivity contribution in [3.05, 3.63) is 119 Å². The van der Waals surface area contributed by atoms with Gasteiger partial charge in [-0.15, -0.1) is 0 Å². The molecule has 1 saturated carbocycles. The van der Waals surface area contributed by atoms with E-state index in [9.17, 15) is 24.3 Å². The zero-order valence-electron chi connectivity index (χ0n) is 28.8. The summed E-state index contributed by atoms with van der Waals surface area (Å²) in [6, 6.07) is 27.9. The van der Waals surface area contributed by atoms with Gasteiger partial charge in [0.15, 0.2) is 0 Å². The van der Waals surface area contributed by atoms with Gasteiger partial charge in [0.1, 0.15) is 5.75 Å². The van der Waals surface area contributed by atoms with Gasteiger partial charge in [-0.25, -0.2) is 4.90 Å². The number of amides is 4. The first-order chi connectivity index (χ1) is 25.0. The molecule has 4 aliphatic rings. The third kappa shape index (κ3) is 5.15. The van der Waals surface area contributed by atoms with Gasteiger partial charge < -0.3 is 10.0 Å². The van der Waals surface area contributed by atoms with E-state index in [0.29, 0.717) is 34.7 Å². The van der Waals surface area contributed by atoms with Crippen LogP contribution in [0.3, 0.4) is 0 Å². The molecule has 0 bridgehead atoms. The standard InChI is InChI=1S/C41H36ClN5O5/c1-41-33(38(50)47(40(41)52)26-7-5-4-6-8-26)22-32-29(36(41)30-18-17-28(48)21-34(30)42)19-20-31-35(32)39(51)46(37(31)49)27-15-11-24(12-16-27)44-43-23-9-13-25(14-10-23)45(2)3/h4-19,21,31-33,35-36,48H,20,22H2,1-3H3/t31-,32+,33-,35-,36+,41+/m0/s1. The molecular formula is C41H36ClN5O5. The zero-order valence-corrected chi connectivity index (χ0v) is 29.6. The van der Waals surface area contributed by atoms with Gasteiger partial charge in [0.05, 0.1) is 45.9 Å². The number of hydrogen-bond donors (Lipinski definition) is 1. The van der Waals surface area contributed by atoms with Gasteiger partial charge in [-0.2, -0.15) is 10.2 Å². The summed E-state index contributed by atoms with van der Waals surface area (Å²) >= 11 is 6.80. The van der Waals surface area contributed by atoms with Crippen LogP contribution in [-0.2, 0) is 19.2 Å². The minimum absolute atomic E-state index is 0.0291. The van der Waals surface area contributed by atoms with E-state index in [1.165, 1.54) is 21.9 Å². The van der Waals surface area contributed by atoms with Crippen molar-refractivity contribution in [3.8, 4) is 5.75 Å². The Balaban J connectivity index is 1.13. The van der Waals surface area contributed by atoms with Crippen LogP contribution in [0.5, 0.6) is 5.75 Å². The van der Waals surface area contributed by atoms with Crippen molar-refractivity contribution in [1.29, 1.82) is 0 Å². The van der Waals surface area contributed by atoms with E-state index in [2.05, 4.69) is 10.2 Å². The van der Waals surface area contributed by atoms with Crippen LogP contribution in [0, 0.1) is 29.1 Å². The van der Waals surface area contributed by atoms with Crippen molar-refractivity contribution in [2.45, 2.75) is 25.7 Å². The molecule has 10 nitrogen and oxygen atoms in total. The number of imide groups is 2. The molecule has 2 heterocycles. The van der Waals surface area contributed by atoms with Gasteiger partial charge in [-0.05, 0) is 104 Å². The number of nitrogens with zero attached hydrogens (tertiary/aromatic N) is 5. The van der Waals surface area contributed by atoms with Crippen LogP contribution in [0.25, 0.3) is 0 Å². The number of carbonyl (C=O) groups is 4. The summed E-state index contributed by atoms with van der Waals surface area (Å²) in [6.45, 7) is 1.81. The average molecular weight is 714 g/mol. The number of halogens is 1. The first-order valence-electron chi connectivity index (χ1n) is 17.3. The SMILES string of the molecule is CN(C)c1ccc(N=Nc2ccc(N3C(=O)[C@H]4[C@H](CC=C5[C@H]4C[C@H]4C(=O)N(c6ccccc6)C(=O)[C@@]4(C)[C@H]5c4ccc(O)cc4Cl)C3=O)cc2)cc1. The number of hydrogen-bond acceptors (Lipinski definition) is 8. The van der Waals surface area contributed by atoms with E-state index in [0.717, 1.165) is 11.3 Å². The van der Waals surface area contributed by atoms with E-state index >= 15 is 0 Å². The first-order valence-corrected chi connectivity index (χ1v) is 17.7. The zero-order chi connectivity index (χ0) is 36.5. The fourth-order valence-corrected chi connectivity index (χ4v) is 9.07. The van der Waals surface area contributed by atoms with Gasteiger partial charge in [0.2, 0.25) is 23.6 Å². The lowest BCUT2D eigenvalue weighted by Gasteiger charge is -2.49. The molecule has 4 amide bonds. The van der Waals surface area contributed by atoms with Crippen LogP contribution >= 0.6 is 11.6 Å². The van der Waals surface area contributed by atoms with Crippen molar-refractivity contribution in [2.24, 2.45) is 39.3 Å². The number of para-hydroxylation sites is 1. The maximum Gasteiger partial charge on any atom is 0.241 e. The highest BCUT2D eigenvalue weighted by Crippen LogP contribution is 2.64. The molecular weight excluding hydrogens is 678 g/mol. The molecule has 0 spiro atoms. The Labute approximate surface area is 306 Å². The maximum atomic E-state index is 14.5. The van der Waals surface area contributed by atoms with Gasteiger partial charge in [-0.3, -0.25) is 24.1 Å². The van der Waals surface area contributed by atoms with E-state index in [1.807, 2.05) is 62.3 Å². The fraction of sp³-hybridized carbons (Fsp3) is 0.268. The van der Waals surface area contributed by atoms with Crippen LogP contribution < -0.4 is 14.7 Å². The molecule has 11 heteroatoms. The largest absolute Gasteiger partial charge is 0.508 e. The van der Waals surface area contributed by atoms with Crippen LogP contribution in [0.1, 0.15) is 31.2 Å². The summed E-state index contributed by atoms with van der Waals surface area (Å²) in [6.07, 6.45) is 2.51. The number of allylic oxidation sites excluding steroid dienone is 2. The molecule has 3 fully saturated rings. The Morgan fingerprint density at radius 1 is 0.769 bits per heavy atom. The van der Waals surface area contributed by atoms with E-state index < -0.39 is 35.0 Å². The van der Waals surface area contributed by atoms with Crippen molar-refractivity contribution >= 4 is 63.7 Å². The summed E-state index contributed by atoms with van der Waals surface area (Å²) in [5.74, 6) is -4.64. The molecule has 8 rings (SSSR count). The van der Waals surface area contributed by atoms with E-state index in [-0.39, 0.29) is 40.8 Å². The quantitative estimate of drug-likeness (QED) is 0.123. The number of fused-ring (bicyclic) bond motifs is 4. The smallest absolute Gasteiger partial charge is 0.241 e. The number of aromatic hydroxyl groups is 1. The third-order valence-corrected chi connectivity index (χ3v) is 11.7. The molecule has 1 N–H and O–H groups in total. The molecule has 0 aromatic heterocycles. The predicted molar refractivity (Wildman–Crippen MR) is 198 cm³/mol. The molecule has 2 aliphatic heterocycles. The molecule has 2 aliphatic carbocycles.